The van der Waals surface area contributed by atoms with Crippen molar-refractivity contribution in [2.45, 2.75) is 13.5 Å². The summed E-state index contributed by atoms with van der Waals surface area (Å²) in [5.74, 6) is 0.857. The molecule has 0 N–H and O–H groups in total. The number of nitrogens with zero attached hydrogens (tertiary/aromatic N) is 1. The quantitative estimate of drug-likeness (QED) is 0.330. The molecule has 0 fully saturated rings. The van der Waals surface area contributed by atoms with Crippen molar-refractivity contribution in [2.24, 2.45) is 0 Å². The minimum atomic E-state index is -0.285. The normalized spacial score (nSPS) is 11.0. The van der Waals surface area contributed by atoms with Gasteiger partial charge in [-0.05, 0) is 54.5 Å². The fourth-order valence-corrected chi connectivity index (χ4v) is 3.00. The van der Waals surface area contributed by atoms with E-state index in [2.05, 4.69) is 6.07 Å². The van der Waals surface area contributed by atoms with E-state index in [1.165, 1.54) is 12.1 Å². The summed E-state index contributed by atoms with van der Waals surface area (Å²) in [7, 11) is 0. The van der Waals surface area contributed by atoms with Crippen LogP contribution in [0.25, 0.3) is 11.6 Å². The van der Waals surface area contributed by atoms with Crippen LogP contribution in [0.5, 0.6) is 11.5 Å². The van der Waals surface area contributed by atoms with E-state index < -0.39 is 0 Å². The molecule has 3 rings (SSSR count). The van der Waals surface area contributed by atoms with Gasteiger partial charge in [0.2, 0.25) is 0 Å². The van der Waals surface area contributed by atoms with Gasteiger partial charge in [0.1, 0.15) is 12.4 Å². The number of ether oxygens (including phenoxy) is 2. The van der Waals surface area contributed by atoms with E-state index in [1.54, 1.807) is 36.4 Å². The number of hydrogen-bond acceptors (Lipinski definition) is 3. The van der Waals surface area contributed by atoms with Gasteiger partial charge in [-0.15, -0.1) is 0 Å². The van der Waals surface area contributed by atoms with Crippen LogP contribution in [-0.4, -0.2) is 6.61 Å². The van der Waals surface area contributed by atoms with Gasteiger partial charge in [-0.2, -0.15) is 5.26 Å². The van der Waals surface area contributed by atoms with E-state index in [0.717, 1.165) is 11.1 Å². The molecule has 0 spiro atoms. The molecule has 0 saturated heterocycles. The minimum absolute atomic E-state index is 0.285. The van der Waals surface area contributed by atoms with Gasteiger partial charge in [-0.1, -0.05) is 48.0 Å². The molecule has 0 aliphatic rings. The van der Waals surface area contributed by atoms with Gasteiger partial charge >= 0.3 is 0 Å². The van der Waals surface area contributed by atoms with Crippen LogP contribution < -0.4 is 9.47 Å². The summed E-state index contributed by atoms with van der Waals surface area (Å²) in [6.45, 7) is 2.64. The van der Waals surface area contributed by atoms with Crippen LogP contribution in [0, 0.1) is 17.1 Å². The molecule has 5 heteroatoms. The summed E-state index contributed by atoms with van der Waals surface area (Å²) < 4.78 is 24.6. The third kappa shape index (κ3) is 5.37. The summed E-state index contributed by atoms with van der Waals surface area (Å²) in [5.41, 5.74) is 2.77. The third-order valence-corrected chi connectivity index (χ3v) is 4.50. The predicted molar refractivity (Wildman–Crippen MR) is 113 cm³/mol. The summed E-state index contributed by atoms with van der Waals surface area (Å²) >= 11 is 6.22. The smallest absolute Gasteiger partial charge is 0.161 e. The first kappa shape index (κ1) is 20.4. The maximum atomic E-state index is 13.0. The predicted octanol–water partition coefficient (Wildman–Crippen LogP) is 6.52. The molecule has 0 amide bonds. The second-order valence-electron chi connectivity index (χ2n) is 6.20. The van der Waals surface area contributed by atoms with E-state index >= 15 is 0 Å². The lowest BCUT2D eigenvalue weighted by Crippen LogP contribution is -2.00. The highest BCUT2D eigenvalue weighted by molar-refractivity contribution is 6.32. The zero-order valence-corrected chi connectivity index (χ0v) is 16.6. The molecule has 3 nitrogen and oxygen atoms in total. The van der Waals surface area contributed by atoms with Crippen molar-refractivity contribution in [2.75, 3.05) is 6.61 Å². The summed E-state index contributed by atoms with van der Waals surface area (Å²) in [6, 6.07) is 21.0. The van der Waals surface area contributed by atoms with Gasteiger partial charge in [0, 0.05) is 10.6 Å². The van der Waals surface area contributed by atoms with Gasteiger partial charge in [0.05, 0.1) is 18.2 Å². The van der Waals surface area contributed by atoms with E-state index in [9.17, 15) is 9.65 Å². The Morgan fingerprint density at radius 1 is 1.03 bits per heavy atom. The molecule has 0 aliphatic heterocycles. The Morgan fingerprint density at radius 2 is 1.79 bits per heavy atom. The van der Waals surface area contributed by atoms with Crippen molar-refractivity contribution in [3.63, 3.8) is 0 Å². The van der Waals surface area contributed by atoms with E-state index in [-0.39, 0.29) is 5.82 Å². The standard InChI is InChI=1S/C24H19ClFNO2/c1-2-28-24-14-18(13-19(15-27)21-5-3-4-6-22(21)25)9-12-23(24)29-16-17-7-10-20(26)11-8-17/h3-14H,2,16H2,1H3. The molecule has 0 radical (unpaired) electrons. The van der Waals surface area contributed by atoms with E-state index in [4.69, 9.17) is 21.1 Å². The molecule has 146 valence electrons. The van der Waals surface area contributed by atoms with Crippen LogP contribution in [0.4, 0.5) is 4.39 Å². The molecule has 0 bridgehead atoms. The lowest BCUT2D eigenvalue weighted by Gasteiger charge is -2.13. The molecule has 3 aromatic carbocycles. The van der Waals surface area contributed by atoms with Crippen LogP contribution in [0.1, 0.15) is 23.6 Å². The molecule has 0 heterocycles. The highest BCUT2D eigenvalue weighted by Gasteiger charge is 2.09. The molecular weight excluding hydrogens is 389 g/mol. The fraction of sp³-hybridized carbons (Fsp3) is 0.125. The molecule has 0 atom stereocenters. The topological polar surface area (TPSA) is 42.2 Å². The number of rotatable bonds is 7. The Bertz CT molecular complexity index is 1060. The first-order valence-electron chi connectivity index (χ1n) is 9.11. The van der Waals surface area contributed by atoms with Gasteiger partial charge in [-0.25, -0.2) is 4.39 Å². The highest BCUT2D eigenvalue weighted by atomic mass is 35.5. The summed E-state index contributed by atoms with van der Waals surface area (Å²) in [4.78, 5) is 0. The first-order chi connectivity index (χ1) is 14.1. The van der Waals surface area contributed by atoms with Crippen LogP contribution in [0.3, 0.4) is 0 Å². The van der Waals surface area contributed by atoms with Crippen molar-refractivity contribution in [3.8, 4) is 17.6 Å². The average Bonchev–Trinajstić information content (AvgIpc) is 2.73. The Labute approximate surface area is 174 Å². The number of hydrogen-bond donors (Lipinski definition) is 0. The molecule has 29 heavy (non-hydrogen) atoms. The minimum Gasteiger partial charge on any atom is -0.490 e. The second kappa shape index (κ2) is 9.77. The third-order valence-electron chi connectivity index (χ3n) is 4.17. The SMILES string of the molecule is CCOc1cc(C=C(C#N)c2ccccc2Cl)ccc1OCc1ccc(F)cc1. The number of allylic oxidation sites excluding steroid dienone is 1. The monoisotopic (exact) mass is 407 g/mol. The number of halogens is 2. The first-order valence-corrected chi connectivity index (χ1v) is 9.49. The lowest BCUT2D eigenvalue weighted by molar-refractivity contribution is 0.269. The number of nitriles is 1. The average molecular weight is 408 g/mol. The fourth-order valence-electron chi connectivity index (χ4n) is 2.76. The van der Waals surface area contributed by atoms with Crippen LogP contribution in [0.2, 0.25) is 5.02 Å². The van der Waals surface area contributed by atoms with Crippen LogP contribution in [-0.2, 0) is 6.61 Å². The Hall–Kier alpha value is -3.29. The highest BCUT2D eigenvalue weighted by Crippen LogP contribution is 2.32. The van der Waals surface area contributed by atoms with Crippen molar-refractivity contribution >= 4 is 23.3 Å². The Morgan fingerprint density at radius 3 is 2.48 bits per heavy atom. The molecule has 0 aromatic heterocycles. The van der Waals surface area contributed by atoms with Gasteiger partial charge in [0.25, 0.3) is 0 Å². The largest absolute Gasteiger partial charge is 0.490 e. The second-order valence-corrected chi connectivity index (χ2v) is 6.61. The zero-order chi connectivity index (χ0) is 20.6. The van der Waals surface area contributed by atoms with Gasteiger partial charge < -0.3 is 9.47 Å². The molecule has 3 aromatic rings. The van der Waals surface area contributed by atoms with Gasteiger partial charge in [0.15, 0.2) is 11.5 Å². The van der Waals surface area contributed by atoms with Crippen LogP contribution >= 0.6 is 11.6 Å². The Kier molecular flexibility index (Phi) is 6.89. The summed E-state index contributed by atoms with van der Waals surface area (Å²) in [6.07, 6.45) is 1.76. The van der Waals surface area contributed by atoms with Gasteiger partial charge in [-0.3, -0.25) is 0 Å². The number of benzene rings is 3. The molecule has 0 unspecified atom stereocenters. The lowest BCUT2D eigenvalue weighted by atomic mass is 10.0. The van der Waals surface area contributed by atoms with E-state index in [1.807, 2.05) is 31.2 Å². The van der Waals surface area contributed by atoms with Crippen molar-refractivity contribution in [1.29, 1.82) is 5.26 Å². The van der Waals surface area contributed by atoms with Crippen molar-refractivity contribution < 1.29 is 13.9 Å². The van der Waals surface area contributed by atoms with Crippen molar-refractivity contribution in [3.05, 3.63) is 94.3 Å². The van der Waals surface area contributed by atoms with E-state index in [0.29, 0.717) is 40.9 Å². The maximum absolute atomic E-state index is 13.0. The van der Waals surface area contributed by atoms with Crippen LogP contribution in [0.15, 0.2) is 66.7 Å². The Balaban J connectivity index is 1.86. The van der Waals surface area contributed by atoms with Crippen molar-refractivity contribution in [1.82, 2.24) is 0 Å². The summed E-state index contributed by atoms with van der Waals surface area (Å²) in [5, 5.41) is 10.1. The molecular formula is C24H19ClFNO2. The molecule has 0 aliphatic carbocycles. The molecule has 0 saturated carbocycles. The maximum Gasteiger partial charge on any atom is 0.161 e. The zero-order valence-electron chi connectivity index (χ0n) is 15.9.